The summed E-state index contributed by atoms with van der Waals surface area (Å²) in [6.07, 6.45) is 5.45. The standard InChI is InChI=1S/C17H26N4O3S/c1-14(22)18-11-15-5-4-8-20(13-15)17-7-6-16(12-19-17)25(23,24)21-9-2-3-10-21/h6-7,12,15H,2-5,8-11,13H2,1H3,(H,18,22). The zero-order chi connectivity index (χ0) is 17.9. The smallest absolute Gasteiger partial charge is 0.244 e. The van der Waals surface area contributed by atoms with Crippen LogP contribution in [0, 0.1) is 5.92 Å². The molecule has 2 aliphatic heterocycles. The highest BCUT2D eigenvalue weighted by atomic mass is 32.2. The summed E-state index contributed by atoms with van der Waals surface area (Å²) in [7, 11) is -3.41. The lowest BCUT2D eigenvalue weighted by Gasteiger charge is -2.33. The molecule has 0 aromatic carbocycles. The molecule has 1 aromatic rings. The Morgan fingerprint density at radius 1 is 1.24 bits per heavy atom. The van der Waals surface area contributed by atoms with Crippen molar-refractivity contribution in [3.63, 3.8) is 0 Å². The van der Waals surface area contributed by atoms with Gasteiger partial charge >= 0.3 is 0 Å². The van der Waals surface area contributed by atoms with E-state index >= 15 is 0 Å². The Kier molecular flexibility index (Phi) is 5.58. The van der Waals surface area contributed by atoms with Crippen LogP contribution in [0.3, 0.4) is 0 Å². The first-order valence-corrected chi connectivity index (χ1v) is 10.4. The minimum absolute atomic E-state index is 0.00767. The van der Waals surface area contributed by atoms with Crippen LogP contribution in [-0.2, 0) is 14.8 Å². The van der Waals surface area contributed by atoms with Gasteiger partial charge in [0, 0.05) is 45.8 Å². The van der Waals surface area contributed by atoms with Gasteiger partial charge in [0.1, 0.15) is 10.7 Å². The SMILES string of the molecule is CC(=O)NCC1CCCN(c2ccc(S(=O)(=O)N3CCCC3)cn2)C1. The Balaban J connectivity index is 1.66. The first-order valence-electron chi connectivity index (χ1n) is 8.92. The highest BCUT2D eigenvalue weighted by Gasteiger charge is 2.28. The van der Waals surface area contributed by atoms with E-state index in [0.717, 1.165) is 44.6 Å². The van der Waals surface area contributed by atoms with Crippen molar-refractivity contribution in [2.45, 2.75) is 37.5 Å². The van der Waals surface area contributed by atoms with Gasteiger partial charge in [0.05, 0.1) is 0 Å². The molecule has 3 rings (SSSR count). The largest absolute Gasteiger partial charge is 0.356 e. The summed E-state index contributed by atoms with van der Waals surface area (Å²) in [5.41, 5.74) is 0. The van der Waals surface area contributed by atoms with Crippen LogP contribution in [0.5, 0.6) is 0 Å². The molecule has 25 heavy (non-hydrogen) atoms. The molecule has 1 amide bonds. The number of anilines is 1. The molecule has 0 aliphatic carbocycles. The number of hydrogen-bond acceptors (Lipinski definition) is 5. The Hall–Kier alpha value is -1.67. The van der Waals surface area contributed by atoms with E-state index in [2.05, 4.69) is 15.2 Å². The van der Waals surface area contributed by atoms with E-state index in [1.54, 1.807) is 12.1 Å². The van der Waals surface area contributed by atoms with E-state index in [-0.39, 0.29) is 10.8 Å². The van der Waals surface area contributed by atoms with Crippen molar-refractivity contribution in [3.05, 3.63) is 18.3 Å². The Morgan fingerprint density at radius 3 is 2.64 bits per heavy atom. The predicted octanol–water partition coefficient (Wildman–Crippen LogP) is 1.22. The number of amides is 1. The maximum Gasteiger partial charge on any atom is 0.244 e. The maximum absolute atomic E-state index is 12.6. The Bertz CT molecular complexity index is 699. The number of piperidine rings is 1. The van der Waals surface area contributed by atoms with Gasteiger partial charge in [-0.2, -0.15) is 4.31 Å². The molecule has 2 saturated heterocycles. The van der Waals surface area contributed by atoms with Crippen molar-refractivity contribution < 1.29 is 13.2 Å². The van der Waals surface area contributed by atoms with Crippen LogP contribution in [0.25, 0.3) is 0 Å². The van der Waals surface area contributed by atoms with Crippen LogP contribution in [0.4, 0.5) is 5.82 Å². The summed E-state index contributed by atoms with van der Waals surface area (Å²) in [6, 6.07) is 3.46. The third-order valence-electron chi connectivity index (χ3n) is 4.91. The van der Waals surface area contributed by atoms with Crippen molar-refractivity contribution >= 4 is 21.7 Å². The van der Waals surface area contributed by atoms with Crippen LogP contribution >= 0.6 is 0 Å². The maximum atomic E-state index is 12.6. The number of carbonyl (C=O) groups excluding carboxylic acids is 1. The van der Waals surface area contributed by atoms with Crippen molar-refractivity contribution in [1.82, 2.24) is 14.6 Å². The fourth-order valence-corrected chi connectivity index (χ4v) is 4.98. The summed E-state index contributed by atoms with van der Waals surface area (Å²) in [6.45, 7) is 5.13. The molecular formula is C17H26N4O3S. The van der Waals surface area contributed by atoms with Crippen molar-refractivity contribution in [2.24, 2.45) is 5.92 Å². The number of carbonyl (C=O) groups is 1. The highest BCUT2D eigenvalue weighted by molar-refractivity contribution is 7.89. The summed E-state index contributed by atoms with van der Waals surface area (Å²) in [5.74, 6) is 1.19. The second kappa shape index (κ2) is 7.70. The van der Waals surface area contributed by atoms with Gasteiger partial charge in [-0.05, 0) is 43.7 Å². The molecule has 0 spiro atoms. The van der Waals surface area contributed by atoms with Gasteiger partial charge in [0.15, 0.2) is 0 Å². The second-order valence-electron chi connectivity index (χ2n) is 6.85. The molecule has 7 nitrogen and oxygen atoms in total. The van der Waals surface area contributed by atoms with Crippen LogP contribution in [0.2, 0.25) is 0 Å². The molecule has 138 valence electrons. The van der Waals surface area contributed by atoms with Gasteiger partial charge in [-0.3, -0.25) is 4.79 Å². The lowest BCUT2D eigenvalue weighted by atomic mass is 9.98. The monoisotopic (exact) mass is 366 g/mol. The van der Waals surface area contributed by atoms with Gasteiger partial charge in [-0.15, -0.1) is 0 Å². The molecular weight excluding hydrogens is 340 g/mol. The Morgan fingerprint density at radius 2 is 2.00 bits per heavy atom. The van der Waals surface area contributed by atoms with E-state index in [0.29, 0.717) is 25.6 Å². The molecule has 1 atom stereocenters. The molecule has 0 bridgehead atoms. The van der Waals surface area contributed by atoms with Crippen molar-refractivity contribution in [2.75, 3.05) is 37.6 Å². The second-order valence-corrected chi connectivity index (χ2v) is 8.79. The van der Waals surface area contributed by atoms with Crippen LogP contribution in [0.1, 0.15) is 32.6 Å². The summed E-state index contributed by atoms with van der Waals surface area (Å²) >= 11 is 0. The van der Waals surface area contributed by atoms with Crippen LogP contribution in [0.15, 0.2) is 23.2 Å². The average molecular weight is 366 g/mol. The molecule has 3 heterocycles. The van der Waals surface area contributed by atoms with Crippen LogP contribution < -0.4 is 10.2 Å². The number of nitrogens with zero attached hydrogens (tertiary/aromatic N) is 3. The molecule has 1 N–H and O–H groups in total. The zero-order valence-electron chi connectivity index (χ0n) is 14.6. The number of pyridine rings is 1. The fraction of sp³-hybridized carbons (Fsp3) is 0.647. The molecule has 8 heteroatoms. The van der Waals surface area contributed by atoms with E-state index < -0.39 is 10.0 Å². The van der Waals surface area contributed by atoms with Crippen molar-refractivity contribution in [1.29, 1.82) is 0 Å². The van der Waals surface area contributed by atoms with E-state index in [9.17, 15) is 13.2 Å². The first kappa shape index (κ1) is 18.1. The average Bonchev–Trinajstić information content (AvgIpc) is 3.16. The minimum atomic E-state index is -3.41. The minimum Gasteiger partial charge on any atom is -0.356 e. The molecule has 1 unspecified atom stereocenters. The third-order valence-corrected chi connectivity index (χ3v) is 6.79. The highest BCUT2D eigenvalue weighted by Crippen LogP contribution is 2.24. The van der Waals surface area contributed by atoms with E-state index in [1.165, 1.54) is 17.4 Å². The first-order chi connectivity index (χ1) is 12.0. The summed E-state index contributed by atoms with van der Waals surface area (Å²) in [5, 5.41) is 2.88. The van der Waals surface area contributed by atoms with Gasteiger partial charge in [-0.1, -0.05) is 0 Å². The molecule has 0 radical (unpaired) electrons. The fourth-order valence-electron chi connectivity index (χ4n) is 3.52. The predicted molar refractivity (Wildman–Crippen MR) is 95.9 cm³/mol. The molecule has 2 aliphatic rings. The van der Waals surface area contributed by atoms with Gasteiger partial charge in [-0.25, -0.2) is 13.4 Å². The summed E-state index contributed by atoms with van der Waals surface area (Å²) in [4.78, 5) is 17.9. The van der Waals surface area contributed by atoms with Gasteiger partial charge in [0.2, 0.25) is 15.9 Å². The van der Waals surface area contributed by atoms with Gasteiger partial charge in [0.25, 0.3) is 0 Å². The normalized spacial score (nSPS) is 22.1. The lowest BCUT2D eigenvalue weighted by molar-refractivity contribution is -0.119. The van der Waals surface area contributed by atoms with Crippen molar-refractivity contribution in [3.8, 4) is 0 Å². The zero-order valence-corrected chi connectivity index (χ0v) is 15.5. The third kappa shape index (κ3) is 4.30. The lowest BCUT2D eigenvalue weighted by Crippen LogP contribution is -2.41. The number of nitrogens with one attached hydrogen (secondary N) is 1. The topological polar surface area (TPSA) is 82.6 Å². The number of aromatic nitrogens is 1. The van der Waals surface area contributed by atoms with Gasteiger partial charge < -0.3 is 10.2 Å². The summed E-state index contributed by atoms with van der Waals surface area (Å²) < 4.78 is 26.6. The number of sulfonamides is 1. The molecule has 0 saturated carbocycles. The number of rotatable bonds is 5. The molecule has 2 fully saturated rings. The number of hydrogen-bond donors (Lipinski definition) is 1. The van der Waals surface area contributed by atoms with E-state index in [1.807, 2.05) is 0 Å². The molecule has 1 aromatic heterocycles. The van der Waals surface area contributed by atoms with Crippen LogP contribution in [-0.4, -0.2) is 56.3 Å². The Labute approximate surface area is 149 Å². The van der Waals surface area contributed by atoms with E-state index in [4.69, 9.17) is 0 Å². The quantitative estimate of drug-likeness (QED) is 0.847.